The van der Waals surface area contributed by atoms with Gasteiger partial charge in [0.15, 0.2) is 0 Å². The summed E-state index contributed by atoms with van der Waals surface area (Å²) in [5.41, 5.74) is 2.41. The van der Waals surface area contributed by atoms with Gasteiger partial charge >= 0.3 is 0 Å². The Hall–Kier alpha value is -1.65. The standard InChI is InChI=1S/C14H15N3S/c1-11-5-6-13(18-11)10-15-8-12-9-16-17-7-3-2-4-14(12)17/h2-7,9,15H,8,10H2,1H3. The van der Waals surface area contributed by atoms with E-state index in [9.17, 15) is 0 Å². The fourth-order valence-corrected chi connectivity index (χ4v) is 2.88. The molecular weight excluding hydrogens is 242 g/mol. The second-order valence-electron chi connectivity index (χ2n) is 4.32. The molecule has 3 aromatic rings. The van der Waals surface area contributed by atoms with Crippen LogP contribution < -0.4 is 5.32 Å². The van der Waals surface area contributed by atoms with Crippen molar-refractivity contribution in [3.8, 4) is 0 Å². The number of aromatic nitrogens is 2. The van der Waals surface area contributed by atoms with Crippen LogP contribution >= 0.6 is 11.3 Å². The molecular formula is C14H15N3S. The molecule has 0 atom stereocenters. The molecule has 0 aliphatic heterocycles. The molecule has 0 fully saturated rings. The summed E-state index contributed by atoms with van der Waals surface area (Å²) >= 11 is 1.85. The minimum absolute atomic E-state index is 0.852. The van der Waals surface area contributed by atoms with Crippen molar-refractivity contribution in [2.75, 3.05) is 0 Å². The second kappa shape index (κ2) is 4.92. The number of aryl methyl sites for hydroxylation is 1. The number of nitrogens with one attached hydrogen (secondary N) is 1. The summed E-state index contributed by atoms with van der Waals surface area (Å²) in [6.07, 6.45) is 3.91. The van der Waals surface area contributed by atoms with E-state index in [0.29, 0.717) is 0 Å². The van der Waals surface area contributed by atoms with Gasteiger partial charge < -0.3 is 5.32 Å². The van der Waals surface area contributed by atoms with E-state index in [0.717, 1.165) is 13.1 Å². The quantitative estimate of drug-likeness (QED) is 0.778. The summed E-state index contributed by atoms with van der Waals surface area (Å²) in [6.45, 7) is 3.91. The summed E-state index contributed by atoms with van der Waals surface area (Å²) in [5.74, 6) is 0. The Kier molecular flexibility index (Phi) is 3.13. The third kappa shape index (κ3) is 2.30. The van der Waals surface area contributed by atoms with Crippen molar-refractivity contribution in [2.45, 2.75) is 20.0 Å². The summed E-state index contributed by atoms with van der Waals surface area (Å²) < 4.78 is 1.91. The van der Waals surface area contributed by atoms with Gasteiger partial charge in [-0.3, -0.25) is 0 Å². The lowest BCUT2D eigenvalue weighted by Crippen LogP contribution is -2.11. The molecule has 1 N–H and O–H groups in total. The SMILES string of the molecule is Cc1ccc(CNCc2cnn3ccccc23)s1. The Morgan fingerprint density at radius 3 is 3.00 bits per heavy atom. The first-order valence-electron chi connectivity index (χ1n) is 6.00. The van der Waals surface area contributed by atoms with Gasteiger partial charge in [-0.25, -0.2) is 4.52 Å². The third-order valence-electron chi connectivity index (χ3n) is 2.92. The lowest BCUT2D eigenvalue weighted by atomic mass is 10.2. The molecule has 3 nitrogen and oxygen atoms in total. The van der Waals surface area contributed by atoms with Crippen molar-refractivity contribution in [3.05, 3.63) is 58.0 Å². The number of thiophene rings is 1. The van der Waals surface area contributed by atoms with Gasteiger partial charge in [0, 0.05) is 34.6 Å². The normalized spacial score (nSPS) is 11.2. The van der Waals surface area contributed by atoms with Crippen LogP contribution in [0.15, 0.2) is 42.7 Å². The molecule has 3 heterocycles. The van der Waals surface area contributed by atoms with Crippen LogP contribution in [0.1, 0.15) is 15.3 Å². The van der Waals surface area contributed by atoms with Crippen molar-refractivity contribution in [1.29, 1.82) is 0 Å². The molecule has 18 heavy (non-hydrogen) atoms. The molecule has 0 aliphatic carbocycles. The summed E-state index contributed by atoms with van der Waals surface area (Å²) in [6, 6.07) is 10.5. The van der Waals surface area contributed by atoms with E-state index in [4.69, 9.17) is 0 Å². The van der Waals surface area contributed by atoms with Gasteiger partial charge in [-0.05, 0) is 31.2 Å². The lowest BCUT2D eigenvalue weighted by Gasteiger charge is -2.01. The van der Waals surface area contributed by atoms with E-state index in [1.807, 2.05) is 40.4 Å². The van der Waals surface area contributed by atoms with Crippen LogP contribution in [0.5, 0.6) is 0 Å². The molecule has 3 rings (SSSR count). The molecule has 0 saturated carbocycles. The molecule has 0 bridgehead atoms. The van der Waals surface area contributed by atoms with Crippen LogP contribution in [0, 0.1) is 6.92 Å². The van der Waals surface area contributed by atoms with Crippen LogP contribution in [-0.2, 0) is 13.1 Å². The molecule has 0 saturated heterocycles. The molecule has 0 amide bonds. The molecule has 0 unspecified atom stereocenters. The monoisotopic (exact) mass is 257 g/mol. The number of hydrogen-bond donors (Lipinski definition) is 1. The number of fused-ring (bicyclic) bond motifs is 1. The van der Waals surface area contributed by atoms with E-state index >= 15 is 0 Å². The van der Waals surface area contributed by atoms with E-state index in [1.54, 1.807) is 0 Å². The molecule has 0 aromatic carbocycles. The minimum Gasteiger partial charge on any atom is -0.308 e. The van der Waals surface area contributed by atoms with Gasteiger partial charge in [0.25, 0.3) is 0 Å². The maximum atomic E-state index is 4.33. The molecule has 0 spiro atoms. The van der Waals surface area contributed by atoms with Crippen molar-refractivity contribution in [2.24, 2.45) is 0 Å². The highest BCUT2D eigenvalue weighted by Gasteiger charge is 2.03. The fraction of sp³-hybridized carbons (Fsp3) is 0.214. The Morgan fingerprint density at radius 2 is 2.17 bits per heavy atom. The Bertz CT molecular complexity index is 654. The average molecular weight is 257 g/mol. The smallest absolute Gasteiger partial charge is 0.0706 e. The highest BCUT2D eigenvalue weighted by molar-refractivity contribution is 7.11. The van der Waals surface area contributed by atoms with Gasteiger partial charge in [0.05, 0.1) is 11.7 Å². The number of nitrogens with zero attached hydrogens (tertiary/aromatic N) is 2. The predicted octanol–water partition coefficient (Wildman–Crippen LogP) is 2.99. The van der Waals surface area contributed by atoms with Crippen LogP contribution in [-0.4, -0.2) is 9.61 Å². The van der Waals surface area contributed by atoms with Crippen LogP contribution in [0.25, 0.3) is 5.52 Å². The maximum absolute atomic E-state index is 4.33. The summed E-state index contributed by atoms with van der Waals surface area (Å²) in [4.78, 5) is 2.74. The van der Waals surface area contributed by atoms with Gasteiger partial charge in [-0.15, -0.1) is 11.3 Å². The minimum atomic E-state index is 0.852. The van der Waals surface area contributed by atoms with Crippen molar-refractivity contribution >= 4 is 16.9 Å². The second-order valence-corrected chi connectivity index (χ2v) is 5.69. The highest BCUT2D eigenvalue weighted by Crippen LogP contribution is 2.15. The first kappa shape index (κ1) is 11.4. The number of pyridine rings is 1. The predicted molar refractivity (Wildman–Crippen MR) is 74.8 cm³/mol. The summed E-state index contributed by atoms with van der Waals surface area (Å²) in [7, 11) is 0. The average Bonchev–Trinajstić information content (AvgIpc) is 2.97. The van der Waals surface area contributed by atoms with Gasteiger partial charge in [-0.2, -0.15) is 5.10 Å². The Labute approximate surface area is 110 Å². The first-order chi connectivity index (χ1) is 8.83. The van der Waals surface area contributed by atoms with E-state index < -0.39 is 0 Å². The topological polar surface area (TPSA) is 29.3 Å². The van der Waals surface area contributed by atoms with Crippen LogP contribution in [0.4, 0.5) is 0 Å². The molecule has 92 valence electrons. The third-order valence-corrected chi connectivity index (χ3v) is 3.92. The zero-order valence-electron chi connectivity index (χ0n) is 10.3. The number of rotatable bonds is 4. The summed E-state index contributed by atoms with van der Waals surface area (Å²) in [5, 5.41) is 7.79. The van der Waals surface area contributed by atoms with Gasteiger partial charge in [0.2, 0.25) is 0 Å². The zero-order chi connectivity index (χ0) is 12.4. The molecule has 3 aromatic heterocycles. The lowest BCUT2D eigenvalue weighted by molar-refractivity contribution is 0.704. The maximum Gasteiger partial charge on any atom is 0.0706 e. The number of hydrogen-bond acceptors (Lipinski definition) is 3. The Morgan fingerprint density at radius 1 is 1.22 bits per heavy atom. The largest absolute Gasteiger partial charge is 0.308 e. The zero-order valence-corrected chi connectivity index (χ0v) is 11.1. The van der Waals surface area contributed by atoms with E-state index in [2.05, 4.69) is 35.5 Å². The van der Waals surface area contributed by atoms with Crippen molar-refractivity contribution in [1.82, 2.24) is 14.9 Å². The fourth-order valence-electron chi connectivity index (χ4n) is 2.02. The Balaban J connectivity index is 1.66. The van der Waals surface area contributed by atoms with E-state index in [-0.39, 0.29) is 0 Å². The van der Waals surface area contributed by atoms with Crippen LogP contribution in [0.3, 0.4) is 0 Å². The molecule has 0 aliphatic rings. The first-order valence-corrected chi connectivity index (χ1v) is 6.82. The van der Waals surface area contributed by atoms with Gasteiger partial charge in [0.1, 0.15) is 0 Å². The van der Waals surface area contributed by atoms with E-state index in [1.165, 1.54) is 20.8 Å². The highest BCUT2D eigenvalue weighted by atomic mass is 32.1. The van der Waals surface area contributed by atoms with Crippen LogP contribution in [0.2, 0.25) is 0 Å². The van der Waals surface area contributed by atoms with Crippen molar-refractivity contribution < 1.29 is 0 Å². The molecule has 4 heteroatoms. The molecule has 0 radical (unpaired) electrons. The van der Waals surface area contributed by atoms with Crippen molar-refractivity contribution in [3.63, 3.8) is 0 Å². The van der Waals surface area contributed by atoms with Gasteiger partial charge in [-0.1, -0.05) is 6.07 Å².